The summed E-state index contributed by atoms with van der Waals surface area (Å²) < 4.78 is 15.4. The average Bonchev–Trinajstić information content (AvgIpc) is 2.36. The molecule has 0 unspecified atom stereocenters. The zero-order valence-electron chi connectivity index (χ0n) is 10.9. The second kappa shape index (κ2) is 7.37. The molecule has 0 aliphatic rings. The van der Waals surface area contributed by atoms with Crippen molar-refractivity contribution in [1.82, 2.24) is 0 Å². The van der Waals surface area contributed by atoms with Crippen LogP contribution in [0.1, 0.15) is 19.4 Å². The highest BCUT2D eigenvalue weighted by Gasteiger charge is 2.01. The van der Waals surface area contributed by atoms with E-state index in [9.17, 15) is 4.79 Å². The van der Waals surface area contributed by atoms with Gasteiger partial charge in [0.15, 0.2) is 0 Å². The Morgan fingerprint density at radius 1 is 1.11 bits per heavy atom. The van der Waals surface area contributed by atoms with E-state index in [1.165, 1.54) is 13.2 Å². The Kier molecular flexibility index (Phi) is 5.77. The lowest BCUT2D eigenvalue weighted by molar-refractivity contribution is -0.134. The van der Waals surface area contributed by atoms with Gasteiger partial charge >= 0.3 is 5.97 Å². The van der Waals surface area contributed by atoms with Crippen LogP contribution in [0, 0.1) is 0 Å². The van der Waals surface area contributed by atoms with Crippen LogP contribution in [0.25, 0.3) is 6.08 Å². The van der Waals surface area contributed by atoms with Crippen molar-refractivity contribution in [2.24, 2.45) is 0 Å². The first kappa shape index (κ1) is 14.1. The van der Waals surface area contributed by atoms with Crippen LogP contribution in [0.5, 0.6) is 11.5 Å². The predicted octanol–water partition coefficient (Wildman–Crippen LogP) is 2.67. The van der Waals surface area contributed by atoms with Gasteiger partial charge in [-0.05, 0) is 37.6 Å². The molecule has 1 aromatic carbocycles. The fourth-order valence-corrected chi connectivity index (χ4v) is 1.42. The maximum absolute atomic E-state index is 11.0. The van der Waals surface area contributed by atoms with Crippen LogP contribution in [0.15, 0.2) is 24.3 Å². The fourth-order valence-electron chi connectivity index (χ4n) is 1.42. The van der Waals surface area contributed by atoms with Crippen molar-refractivity contribution in [1.29, 1.82) is 0 Å². The molecule has 1 rings (SSSR count). The molecule has 0 fully saturated rings. The van der Waals surface area contributed by atoms with Gasteiger partial charge in [0.25, 0.3) is 0 Å². The van der Waals surface area contributed by atoms with E-state index < -0.39 is 5.97 Å². The summed E-state index contributed by atoms with van der Waals surface area (Å²) in [6.07, 6.45) is 3.03. The van der Waals surface area contributed by atoms with E-state index in [0.717, 1.165) is 5.56 Å². The number of hydrogen-bond donors (Lipinski definition) is 0. The predicted molar refractivity (Wildman–Crippen MR) is 69.8 cm³/mol. The molecule has 0 aliphatic heterocycles. The second-order valence-electron chi connectivity index (χ2n) is 3.46. The van der Waals surface area contributed by atoms with E-state index in [-0.39, 0.29) is 0 Å². The molecule has 0 heterocycles. The van der Waals surface area contributed by atoms with Crippen LogP contribution in [-0.2, 0) is 9.53 Å². The quantitative estimate of drug-likeness (QED) is 0.575. The van der Waals surface area contributed by atoms with Crippen LogP contribution in [-0.4, -0.2) is 26.3 Å². The first-order chi connectivity index (χ1) is 8.69. The van der Waals surface area contributed by atoms with E-state index >= 15 is 0 Å². The molecular weight excluding hydrogens is 232 g/mol. The average molecular weight is 250 g/mol. The number of esters is 1. The Morgan fingerprint density at radius 2 is 1.67 bits per heavy atom. The van der Waals surface area contributed by atoms with E-state index in [2.05, 4.69) is 4.74 Å². The van der Waals surface area contributed by atoms with Crippen molar-refractivity contribution < 1.29 is 19.0 Å². The topological polar surface area (TPSA) is 44.8 Å². The molecule has 0 N–H and O–H groups in total. The summed E-state index contributed by atoms with van der Waals surface area (Å²) in [6.45, 7) is 4.99. The smallest absolute Gasteiger partial charge is 0.330 e. The van der Waals surface area contributed by atoms with E-state index in [0.29, 0.717) is 24.7 Å². The SMILES string of the molecule is CCOc1cc(C=CC(=O)OC)cc(OCC)c1. The summed E-state index contributed by atoms with van der Waals surface area (Å²) in [7, 11) is 1.34. The lowest BCUT2D eigenvalue weighted by atomic mass is 10.2. The van der Waals surface area contributed by atoms with Gasteiger partial charge in [0.1, 0.15) is 11.5 Å². The van der Waals surface area contributed by atoms with E-state index in [4.69, 9.17) is 9.47 Å². The first-order valence-corrected chi connectivity index (χ1v) is 5.86. The number of hydrogen-bond acceptors (Lipinski definition) is 4. The zero-order valence-corrected chi connectivity index (χ0v) is 10.9. The van der Waals surface area contributed by atoms with Crippen molar-refractivity contribution in [2.75, 3.05) is 20.3 Å². The summed E-state index contributed by atoms with van der Waals surface area (Å²) in [5, 5.41) is 0. The van der Waals surface area contributed by atoms with Gasteiger partial charge < -0.3 is 14.2 Å². The van der Waals surface area contributed by atoms with Crippen LogP contribution in [0.2, 0.25) is 0 Å². The Bertz CT molecular complexity index is 400. The van der Waals surface area contributed by atoms with Gasteiger partial charge in [-0.2, -0.15) is 0 Å². The van der Waals surface area contributed by atoms with Crippen molar-refractivity contribution >= 4 is 12.0 Å². The Balaban J connectivity index is 2.94. The third-order valence-electron chi connectivity index (χ3n) is 2.14. The Morgan fingerprint density at radius 3 is 2.11 bits per heavy atom. The summed E-state index contributed by atoms with van der Waals surface area (Å²) in [5.74, 6) is 1.04. The highest BCUT2D eigenvalue weighted by atomic mass is 16.5. The molecule has 4 nitrogen and oxygen atoms in total. The lowest BCUT2D eigenvalue weighted by Crippen LogP contribution is -1.96. The Labute approximate surface area is 107 Å². The van der Waals surface area contributed by atoms with Gasteiger partial charge in [-0.25, -0.2) is 4.79 Å². The van der Waals surface area contributed by atoms with Crippen molar-refractivity contribution in [3.63, 3.8) is 0 Å². The zero-order chi connectivity index (χ0) is 13.4. The number of benzene rings is 1. The summed E-state index contributed by atoms with van der Waals surface area (Å²) in [6, 6.07) is 5.50. The largest absolute Gasteiger partial charge is 0.494 e. The maximum atomic E-state index is 11.0. The van der Waals surface area contributed by atoms with Gasteiger partial charge in [0.2, 0.25) is 0 Å². The maximum Gasteiger partial charge on any atom is 0.330 e. The van der Waals surface area contributed by atoms with Crippen LogP contribution in [0.3, 0.4) is 0 Å². The number of carbonyl (C=O) groups excluding carboxylic acids is 1. The minimum absolute atomic E-state index is 0.394. The molecule has 4 heteroatoms. The van der Waals surface area contributed by atoms with Crippen LogP contribution < -0.4 is 9.47 Å². The highest BCUT2D eigenvalue weighted by molar-refractivity contribution is 5.87. The molecule has 0 spiro atoms. The number of carbonyl (C=O) groups is 1. The number of methoxy groups -OCH3 is 1. The number of rotatable bonds is 6. The lowest BCUT2D eigenvalue weighted by Gasteiger charge is -2.08. The summed E-state index contributed by atoms with van der Waals surface area (Å²) >= 11 is 0. The molecule has 0 radical (unpaired) electrons. The molecule has 98 valence electrons. The number of ether oxygens (including phenoxy) is 3. The van der Waals surface area contributed by atoms with Crippen molar-refractivity contribution in [2.45, 2.75) is 13.8 Å². The molecular formula is C14H18O4. The third-order valence-corrected chi connectivity index (χ3v) is 2.14. The molecule has 0 amide bonds. The Hall–Kier alpha value is -1.97. The molecule has 0 saturated heterocycles. The summed E-state index contributed by atoms with van der Waals surface area (Å²) in [4.78, 5) is 11.0. The van der Waals surface area contributed by atoms with Crippen LogP contribution in [0.4, 0.5) is 0 Å². The van der Waals surface area contributed by atoms with Gasteiger partial charge in [-0.3, -0.25) is 0 Å². The standard InChI is InChI=1S/C14H18O4/c1-4-17-12-8-11(6-7-14(15)16-3)9-13(10-12)18-5-2/h6-10H,4-5H2,1-3H3. The molecule has 0 aliphatic carbocycles. The van der Waals surface area contributed by atoms with Crippen LogP contribution >= 0.6 is 0 Å². The molecule has 0 aromatic heterocycles. The van der Waals surface area contributed by atoms with Gasteiger partial charge in [0, 0.05) is 12.1 Å². The normalized spacial score (nSPS) is 10.4. The van der Waals surface area contributed by atoms with Gasteiger partial charge in [-0.15, -0.1) is 0 Å². The molecule has 1 aromatic rings. The minimum Gasteiger partial charge on any atom is -0.494 e. The summed E-state index contributed by atoms with van der Waals surface area (Å²) in [5.41, 5.74) is 0.829. The second-order valence-corrected chi connectivity index (χ2v) is 3.46. The minimum atomic E-state index is -0.394. The van der Waals surface area contributed by atoms with E-state index in [1.807, 2.05) is 32.0 Å². The van der Waals surface area contributed by atoms with Crippen molar-refractivity contribution in [3.8, 4) is 11.5 Å². The van der Waals surface area contributed by atoms with Gasteiger partial charge in [-0.1, -0.05) is 0 Å². The highest BCUT2D eigenvalue weighted by Crippen LogP contribution is 2.24. The first-order valence-electron chi connectivity index (χ1n) is 5.86. The monoisotopic (exact) mass is 250 g/mol. The molecule has 0 bridgehead atoms. The molecule has 18 heavy (non-hydrogen) atoms. The molecule has 0 atom stereocenters. The third kappa shape index (κ3) is 4.49. The van der Waals surface area contributed by atoms with Crippen molar-refractivity contribution in [3.05, 3.63) is 29.8 Å². The molecule has 0 saturated carbocycles. The van der Waals surface area contributed by atoms with E-state index in [1.54, 1.807) is 6.08 Å². The fraction of sp³-hybridized carbons (Fsp3) is 0.357. The van der Waals surface area contributed by atoms with Gasteiger partial charge in [0.05, 0.1) is 20.3 Å².